The summed E-state index contributed by atoms with van der Waals surface area (Å²) in [6.07, 6.45) is 1.89. The molecule has 2 atom stereocenters. The lowest BCUT2D eigenvalue weighted by atomic mass is 10.00. The number of nitrogens with zero attached hydrogens (tertiary/aromatic N) is 1. The van der Waals surface area contributed by atoms with Gasteiger partial charge in [0.1, 0.15) is 5.82 Å². The minimum atomic E-state index is -0.201. The first kappa shape index (κ1) is 16.9. The third-order valence-electron chi connectivity index (χ3n) is 4.46. The minimum Gasteiger partial charge on any atom is -0.353 e. The highest BCUT2D eigenvalue weighted by Gasteiger charge is 2.24. The first-order chi connectivity index (χ1) is 10.5. The van der Waals surface area contributed by atoms with Gasteiger partial charge in [0.05, 0.1) is 0 Å². The number of hydrogen-bond donors (Lipinski definition) is 2. The van der Waals surface area contributed by atoms with Crippen molar-refractivity contribution in [2.24, 2.45) is 11.7 Å². The molecular weight excluding hydrogens is 281 g/mol. The van der Waals surface area contributed by atoms with Gasteiger partial charge in [0, 0.05) is 37.6 Å². The standard InChI is InChI=1S/C17H26FN3O/c1-12(13(2)19)17(22)20-16-7-9-21(10-8-16)11-14-3-5-15(18)6-4-14/h3-6,12-13,16H,7-11,19H2,1-2H3,(H,20,22). The van der Waals surface area contributed by atoms with Crippen LogP contribution in [0.25, 0.3) is 0 Å². The Balaban J connectivity index is 1.76. The van der Waals surface area contributed by atoms with Crippen LogP contribution in [-0.4, -0.2) is 36.0 Å². The van der Waals surface area contributed by atoms with Crippen molar-refractivity contribution in [2.45, 2.75) is 45.3 Å². The first-order valence-corrected chi connectivity index (χ1v) is 7.98. The molecule has 0 saturated carbocycles. The minimum absolute atomic E-state index is 0.0481. The van der Waals surface area contributed by atoms with Gasteiger partial charge in [-0.25, -0.2) is 4.39 Å². The molecule has 1 saturated heterocycles. The van der Waals surface area contributed by atoms with E-state index in [1.807, 2.05) is 26.0 Å². The number of amides is 1. The molecule has 1 aromatic rings. The van der Waals surface area contributed by atoms with Gasteiger partial charge in [-0.05, 0) is 37.5 Å². The van der Waals surface area contributed by atoms with Crippen LogP contribution in [0.4, 0.5) is 4.39 Å². The number of benzene rings is 1. The largest absolute Gasteiger partial charge is 0.353 e. The first-order valence-electron chi connectivity index (χ1n) is 7.98. The van der Waals surface area contributed by atoms with Crippen molar-refractivity contribution in [1.29, 1.82) is 0 Å². The van der Waals surface area contributed by atoms with Gasteiger partial charge >= 0.3 is 0 Å². The molecule has 1 aliphatic rings. The fourth-order valence-corrected chi connectivity index (χ4v) is 2.65. The predicted octanol–water partition coefficient (Wildman–Crippen LogP) is 1.89. The molecule has 122 valence electrons. The maximum atomic E-state index is 12.9. The zero-order valence-corrected chi connectivity index (χ0v) is 13.4. The van der Waals surface area contributed by atoms with Gasteiger partial charge in [-0.2, -0.15) is 0 Å². The van der Waals surface area contributed by atoms with E-state index in [1.165, 1.54) is 12.1 Å². The van der Waals surface area contributed by atoms with Gasteiger partial charge in [0.15, 0.2) is 0 Å². The van der Waals surface area contributed by atoms with E-state index in [-0.39, 0.29) is 29.7 Å². The van der Waals surface area contributed by atoms with Crippen molar-refractivity contribution in [1.82, 2.24) is 10.2 Å². The third kappa shape index (κ3) is 4.78. The van der Waals surface area contributed by atoms with Crippen LogP contribution in [0.3, 0.4) is 0 Å². The van der Waals surface area contributed by atoms with Crippen LogP contribution in [0.2, 0.25) is 0 Å². The van der Waals surface area contributed by atoms with E-state index in [2.05, 4.69) is 10.2 Å². The summed E-state index contributed by atoms with van der Waals surface area (Å²) in [6, 6.07) is 6.76. The maximum Gasteiger partial charge on any atom is 0.224 e. The van der Waals surface area contributed by atoms with Crippen molar-refractivity contribution in [3.05, 3.63) is 35.6 Å². The summed E-state index contributed by atoms with van der Waals surface area (Å²) in [5, 5.41) is 3.10. The summed E-state index contributed by atoms with van der Waals surface area (Å²) in [5.74, 6) is -0.308. The molecule has 22 heavy (non-hydrogen) atoms. The number of hydrogen-bond acceptors (Lipinski definition) is 3. The maximum absolute atomic E-state index is 12.9. The van der Waals surface area contributed by atoms with Crippen LogP contribution in [0.15, 0.2) is 24.3 Å². The van der Waals surface area contributed by atoms with Crippen LogP contribution >= 0.6 is 0 Å². The van der Waals surface area contributed by atoms with Gasteiger partial charge in [-0.1, -0.05) is 19.1 Å². The number of piperidine rings is 1. The number of rotatable bonds is 5. The Kier molecular flexibility index (Phi) is 5.91. The summed E-state index contributed by atoms with van der Waals surface area (Å²) in [4.78, 5) is 14.4. The summed E-state index contributed by atoms with van der Waals surface area (Å²) < 4.78 is 12.9. The molecule has 2 rings (SSSR count). The molecule has 0 bridgehead atoms. The molecule has 0 radical (unpaired) electrons. The second-order valence-electron chi connectivity index (χ2n) is 6.33. The number of carbonyl (C=O) groups is 1. The van der Waals surface area contributed by atoms with Gasteiger partial charge in [-0.15, -0.1) is 0 Å². The quantitative estimate of drug-likeness (QED) is 0.873. The Labute approximate surface area is 131 Å². The van der Waals surface area contributed by atoms with Gasteiger partial charge in [-0.3, -0.25) is 9.69 Å². The number of likely N-dealkylation sites (tertiary alicyclic amines) is 1. The molecule has 1 heterocycles. The zero-order valence-electron chi connectivity index (χ0n) is 13.4. The lowest BCUT2D eigenvalue weighted by Crippen LogP contribution is -2.48. The average molecular weight is 307 g/mol. The summed E-state index contributed by atoms with van der Waals surface area (Å²) in [6.45, 7) is 6.43. The van der Waals surface area contributed by atoms with E-state index in [9.17, 15) is 9.18 Å². The highest BCUT2D eigenvalue weighted by molar-refractivity contribution is 5.79. The van der Waals surface area contributed by atoms with Crippen LogP contribution in [0, 0.1) is 11.7 Å². The van der Waals surface area contributed by atoms with Gasteiger partial charge in [0.2, 0.25) is 5.91 Å². The lowest BCUT2D eigenvalue weighted by Gasteiger charge is -2.33. The molecular formula is C17H26FN3O. The molecule has 1 fully saturated rings. The molecule has 0 aromatic heterocycles. The van der Waals surface area contributed by atoms with Crippen LogP contribution < -0.4 is 11.1 Å². The van der Waals surface area contributed by atoms with E-state index in [0.29, 0.717) is 0 Å². The smallest absolute Gasteiger partial charge is 0.224 e. The molecule has 0 aliphatic carbocycles. The highest BCUT2D eigenvalue weighted by atomic mass is 19.1. The van der Waals surface area contributed by atoms with E-state index in [0.717, 1.165) is 38.0 Å². The second kappa shape index (κ2) is 7.70. The van der Waals surface area contributed by atoms with Crippen LogP contribution in [-0.2, 0) is 11.3 Å². The molecule has 1 aliphatic heterocycles. The topological polar surface area (TPSA) is 58.4 Å². The molecule has 4 nitrogen and oxygen atoms in total. The molecule has 1 aromatic carbocycles. The van der Waals surface area contributed by atoms with Crippen molar-refractivity contribution in [2.75, 3.05) is 13.1 Å². The molecule has 2 unspecified atom stereocenters. The molecule has 5 heteroatoms. The van der Waals surface area contributed by atoms with Crippen LogP contribution in [0.1, 0.15) is 32.3 Å². The van der Waals surface area contributed by atoms with Crippen LogP contribution in [0.5, 0.6) is 0 Å². The summed E-state index contributed by atoms with van der Waals surface area (Å²) in [7, 11) is 0. The second-order valence-corrected chi connectivity index (χ2v) is 6.33. The number of halogens is 1. The van der Waals surface area contributed by atoms with Crippen molar-refractivity contribution in [3.63, 3.8) is 0 Å². The number of nitrogens with two attached hydrogens (primary N) is 1. The fourth-order valence-electron chi connectivity index (χ4n) is 2.65. The SMILES string of the molecule is CC(N)C(C)C(=O)NC1CCN(Cc2ccc(F)cc2)CC1. The monoisotopic (exact) mass is 307 g/mol. The third-order valence-corrected chi connectivity index (χ3v) is 4.46. The highest BCUT2D eigenvalue weighted by Crippen LogP contribution is 2.15. The summed E-state index contributed by atoms with van der Waals surface area (Å²) >= 11 is 0. The van der Waals surface area contributed by atoms with Crippen molar-refractivity contribution in [3.8, 4) is 0 Å². The Morgan fingerprint density at radius 3 is 2.45 bits per heavy atom. The molecule has 1 amide bonds. The predicted molar refractivity (Wildman–Crippen MR) is 85.7 cm³/mol. The van der Waals surface area contributed by atoms with E-state index < -0.39 is 0 Å². The average Bonchev–Trinajstić information content (AvgIpc) is 2.50. The lowest BCUT2D eigenvalue weighted by molar-refractivity contribution is -0.126. The Hall–Kier alpha value is -1.46. The molecule has 0 spiro atoms. The zero-order chi connectivity index (χ0) is 16.1. The van der Waals surface area contributed by atoms with E-state index >= 15 is 0 Å². The Bertz CT molecular complexity index is 481. The number of nitrogens with one attached hydrogen (secondary N) is 1. The Morgan fingerprint density at radius 2 is 1.91 bits per heavy atom. The van der Waals surface area contributed by atoms with E-state index in [1.54, 1.807) is 0 Å². The van der Waals surface area contributed by atoms with Crippen molar-refractivity contribution >= 4 is 5.91 Å². The van der Waals surface area contributed by atoms with E-state index in [4.69, 9.17) is 5.73 Å². The summed E-state index contributed by atoms with van der Waals surface area (Å²) in [5.41, 5.74) is 6.88. The van der Waals surface area contributed by atoms with Crippen molar-refractivity contribution < 1.29 is 9.18 Å². The Morgan fingerprint density at radius 1 is 1.32 bits per heavy atom. The normalized spacial score (nSPS) is 19.6. The van der Waals surface area contributed by atoms with Gasteiger partial charge in [0.25, 0.3) is 0 Å². The fraction of sp³-hybridized carbons (Fsp3) is 0.588. The number of carbonyl (C=O) groups excluding carboxylic acids is 1. The van der Waals surface area contributed by atoms with Gasteiger partial charge < -0.3 is 11.1 Å². The molecule has 3 N–H and O–H groups in total.